The Labute approximate surface area is 130 Å². The van der Waals surface area contributed by atoms with Gasteiger partial charge in [0.25, 0.3) is 0 Å². The van der Waals surface area contributed by atoms with Crippen molar-refractivity contribution in [3.63, 3.8) is 0 Å². The summed E-state index contributed by atoms with van der Waals surface area (Å²) >= 11 is 0. The predicted molar refractivity (Wildman–Crippen MR) is 81.5 cm³/mol. The third kappa shape index (κ3) is 3.69. The van der Waals surface area contributed by atoms with Gasteiger partial charge in [0, 0.05) is 39.0 Å². The molecule has 2 rings (SSSR count). The van der Waals surface area contributed by atoms with E-state index < -0.39 is 0 Å². The van der Waals surface area contributed by atoms with Crippen molar-refractivity contribution in [3.05, 3.63) is 23.8 Å². The van der Waals surface area contributed by atoms with Gasteiger partial charge in [0.05, 0.1) is 0 Å². The maximum Gasteiger partial charge on any atom is 0.225 e. The molecule has 0 aromatic heterocycles. The molecule has 0 bridgehead atoms. The van der Waals surface area contributed by atoms with E-state index in [1.54, 1.807) is 15.9 Å². The minimum absolute atomic E-state index is 0.0414. The minimum atomic E-state index is -0.215. The van der Waals surface area contributed by atoms with Crippen molar-refractivity contribution in [1.82, 2.24) is 9.80 Å². The molecule has 1 aromatic rings. The van der Waals surface area contributed by atoms with Gasteiger partial charge in [0.2, 0.25) is 11.8 Å². The highest BCUT2D eigenvalue weighted by Crippen LogP contribution is 2.26. The van der Waals surface area contributed by atoms with Gasteiger partial charge in [-0.15, -0.1) is 0 Å². The Morgan fingerprint density at radius 3 is 2.23 bits per heavy atom. The number of aromatic hydroxyl groups is 2. The Morgan fingerprint density at radius 1 is 1.09 bits per heavy atom. The molecule has 2 amide bonds. The first-order valence-corrected chi connectivity index (χ1v) is 7.43. The first-order valence-electron chi connectivity index (χ1n) is 7.43. The molecule has 120 valence electrons. The molecule has 2 N–H and O–H groups in total. The number of hydrogen-bond donors (Lipinski definition) is 2. The summed E-state index contributed by atoms with van der Waals surface area (Å²) in [5.74, 6) is -0.460. The number of phenols is 2. The fraction of sp³-hybridized carbons (Fsp3) is 0.500. The number of carbonyl (C=O) groups is 2. The molecule has 1 fully saturated rings. The van der Waals surface area contributed by atoms with Gasteiger partial charge in [-0.2, -0.15) is 0 Å². The van der Waals surface area contributed by atoms with E-state index in [-0.39, 0.29) is 29.2 Å². The van der Waals surface area contributed by atoms with Crippen LogP contribution >= 0.6 is 0 Å². The van der Waals surface area contributed by atoms with E-state index in [1.807, 2.05) is 6.92 Å². The Balaban J connectivity index is 1.92. The van der Waals surface area contributed by atoms with Gasteiger partial charge in [-0.25, -0.2) is 0 Å². The summed E-state index contributed by atoms with van der Waals surface area (Å²) in [5.41, 5.74) is 0.804. The van der Waals surface area contributed by atoms with Gasteiger partial charge < -0.3 is 20.0 Å². The zero-order chi connectivity index (χ0) is 16.3. The van der Waals surface area contributed by atoms with Crippen molar-refractivity contribution in [3.8, 4) is 11.5 Å². The fourth-order valence-corrected chi connectivity index (χ4v) is 2.69. The van der Waals surface area contributed by atoms with E-state index in [9.17, 15) is 19.8 Å². The van der Waals surface area contributed by atoms with Crippen LogP contribution in [0.3, 0.4) is 0 Å². The topological polar surface area (TPSA) is 81.1 Å². The minimum Gasteiger partial charge on any atom is -0.504 e. The molecule has 1 aliphatic rings. The SMILES string of the molecule is CC(=O)N1CCN(C(=O)C(C)Cc2ccc(O)c(O)c2)CC1. The molecule has 1 atom stereocenters. The quantitative estimate of drug-likeness (QED) is 0.815. The molecule has 0 radical (unpaired) electrons. The molecule has 22 heavy (non-hydrogen) atoms. The second kappa shape index (κ2) is 6.68. The highest BCUT2D eigenvalue weighted by atomic mass is 16.3. The molecule has 0 spiro atoms. The number of amides is 2. The number of benzene rings is 1. The average Bonchev–Trinajstić information content (AvgIpc) is 2.50. The molecule has 1 unspecified atom stereocenters. The highest BCUT2D eigenvalue weighted by Gasteiger charge is 2.25. The van der Waals surface area contributed by atoms with Crippen molar-refractivity contribution in [2.24, 2.45) is 5.92 Å². The Hall–Kier alpha value is -2.24. The molecule has 1 aliphatic heterocycles. The molecule has 0 aliphatic carbocycles. The van der Waals surface area contributed by atoms with Gasteiger partial charge in [0.1, 0.15) is 0 Å². The van der Waals surface area contributed by atoms with E-state index in [0.717, 1.165) is 5.56 Å². The van der Waals surface area contributed by atoms with E-state index >= 15 is 0 Å². The van der Waals surface area contributed by atoms with Crippen LogP contribution in [0.5, 0.6) is 11.5 Å². The molecule has 6 heteroatoms. The summed E-state index contributed by atoms with van der Waals surface area (Å²) in [6.45, 7) is 5.66. The number of phenolic OH excluding ortho intramolecular Hbond substituents is 2. The summed E-state index contributed by atoms with van der Waals surface area (Å²) in [6.07, 6.45) is 0.500. The molecule has 1 heterocycles. The molecule has 1 aromatic carbocycles. The molecular weight excluding hydrogens is 284 g/mol. The smallest absolute Gasteiger partial charge is 0.225 e. The number of nitrogens with zero attached hydrogens (tertiary/aromatic N) is 2. The highest BCUT2D eigenvalue weighted by molar-refractivity contribution is 5.79. The lowest BCUT2D eigenvalue weighted by molar-refractivity contribution is -0.140. The van der Waals surface area contributed by atoms with Crippen LogP contribution in [0.2, 0.25) is 0 Å². The Morgan fingerprint density at radius 2 is 1.68 bits per heavy atom. The number of piperazine rings is 1. The van der Waals surface area contributed by atoms with Gasteiger partial charge in [-0.3, -0.25) is 9.59 Å². The zero-order valence-electron chi connectivity index (χ0n) is 13.0. The molecule has 1 saturated heterocycles. The fourth-order valence-electron chi connectivity index (χ4n) is 2.69. The van der Waals surface area contributed by atoms with Crippen LogP contribution in [0.4, 0.5) is 0 Å². The average molecular weight is 306 g/mol. The van der Waals surface area contributed by atoms with Crippen molar-refractivity contribution < 1.29 is 19.8 Å². The normalized spacial score (nSPS) is 16.5. The Kier molecular flexibility index (Phi) is 4.90. The number of carbonyl (C=O) groups excluding carboxylic acids is 2. The van der Waals surface area contributed by atoms with Crippen molar-refractivity contribution in [1.29, 1.82) is 0 Å². The van der Waals surface area contributed by atoms with E-state index in [4.69, 9.17) is 0 Å². The van der Waals surface area contributed by atoms with E-state index in [0.29, 0.717) is 32.6 Å². The summed E-state index contributed by atoms with van der Waals surface area (Å²) in [5, 5.41) is 18.8. The van der Waals surface area contributed by atoms with Crippen LogP contribution in [0.1, 0.15) is 19.4 Å². The van der Waals surface area contributed by atoms with Gasteiger partial charge in [-0.05, 0) is 24.1 Å². The van der Waals surface area contributed by atoms with Crippen LogP contribution in [-0.4, -0.2) is 58.0 Å². The lowest BCUT2D eigenvalue weighted by Gasteiger charge is -2.35. The van der Waals surface area contributed by atoms with Crippen LogP contribution in [0, 0.1) is 5.92 Å². The van der Waals surface area contributed by atoms with Crippen LogP contribution in [-0.2, 0) is 16.0 Å². The maximum absolute atomic E-state index is 12.4. The standard InChI is InChI=1S/C16H22N2O4/c1-11(9-13-3-4-14(20)15(21)10-13)16(22)18-7-5-17(6-8-18)12(2)19/h3-4,10-11,20-21H,5-9H2,1-2H3. The number of rotatable bonds is 3. The monoisotopic (exact) mass is 306 g/mol. The second-order valence-electron chi connectivity index (χ2n) is 5.76. The van der Waals surface area contributed by atoms with E-state index in [1.165, 1.54) is 19.1 Å². The van der Waals surface area contributed by atoms with Crippen molar-refractivity contribution in [2.75, 3.05) is 26.2 Å². The third-order valence-corrected chi connectivity index (χ3v) is 4.04. The lowest BCUT2D eigenvalue weighted by Crippen LogP contribution is -2.51. The van der Waals surface area contributed by atoms with Crippen molar-refractivity contribution >= 4 is 11.8 Å². The predicted octanol–water partition coefficient (Wildman–Crippen LogP) is 0.967. The van der Waals surface area contributed by atoms with Gasteiger partial charge >= 0.3 is 0 Å². The van der Waals surface area contributed by atoms with E-state index in [2.05, 4.69) is 0 Å². The molecule has 0 saturated carbocycles. The summed E-state index contributed by atoms with van der Waals surface area (Å²) < 4.78 is 0. The Bertz CT molecular complexity index is 565. The molecule has 6 nitrogen and oxygen atoms in total. The van der Waals surface area contributed by atoms with Crippen LogP contribution < -0.4 is 0 Å². The first kappa shape index (κ1) is 16.1. The molecular formula is C16H22N2O4. The number of hydrogen-bond acceptors (Lipinski definition) is 4. The summed E-state index contributed by atoms with van der Waals surface area (Å²) in [4.78, 5) is 27.3. The van der Waals surface area contributed by atoms with Crippen LogP contribution in [0.25, 0.3) is 0 Å². The first-order chi connectivity index (χ1) is 10.4. The third-order valence-electron chi connectivity index (χ3n) is 4.04. The second-order valence-corrected chi connectivity index (χ2v) is 5.76. The maximum atomic E-state index is 12.4. The van der Waals surface area contributed by atoms with Crippen LogP contribution in [0.15, 0.2) is 18.2 Å². The lowest BCUT2D eigenvalue weighted by atomic mass is 9.99. The largest absolute Gasteiger partial charge is 0.504 e. The van der Waals surface area contributed by atoms with Gasteiger partial charge in [0.15, 0.2) is 11.5 Å². The summed E-state index contributed by atoms with van der Waals surface area (Å²) in [6, 6.07) is 4.60. The summed E-state index contributed by atoms with van der Waals surface area (Å²) in [7, 11) is 0. The van der Waals surface area contributed by atoms with Gasteiger partial charge in [-0.1, -0.05) is 13.0 Å². The zero-order valence-corrected chi connectivity index (χ0v) is 13.0. The van der Waals surface area contributed by atoms with Crippen molar-refractivity contribution in [2.45, 2.75) is 20.3 Å².